The first kappa shape index (κ1) is 14.3. The topological polar surface area (TPSA) is 53.3 Å². The lowest BCUT2D eigenvalue weighted by molar-refractivity contribution is -0.141. The molecular weight excluding hydrogens is 259 g/mol. The highest BCUT2D eigenvalue weighted by atomic mass is 19.1. The molecule has 1 saturated heterocycles. The summed E-state index contributed by atoms with van der Waals surface area (Å²) in [4.78, 5) is 13.4. The van der Waals surface area contributed by atoms with Gasteiger partial charge < -0.3 is 9.64 Å². The molecule has 1 aromatic rings. The fourth-order valence-electron chi connectivity index (χ4n) is 2.62. The van der Waals surface area contributed by atoms with Crippen LogP contribution in [-0.2, 0) is 9.53 Å². The fraction of sp³-hybridized carbons (Fsp3) is 0.467. The molecule has 5 heteroatoms. The molecule has 0 saturated carbocycles. The van der Waals surface area contributed by atoms with Crippen LogP contribution in [-0.4, -0.2) is 25.7 Å². The molecule has 1 aliphatic heterocycles. The number of nitrogens with zero attached hydrogens (tertiary/aromatic N) is 2. The number of ether oxygens (including phenoxy) is 1. The summed E-state index contributed by atoms with van der Waals surface area (Å²) < 4.78 is 18.8. The van der Waals surface area contributed by atoms with E-state index >= 15 is 0 Å². The van der Waals surface area contributed by atoms with Crippen LogP contribution in [0.1, 0.15) is 31.2 Å². The molecule has 0 spiro atoms. The molecule has 0 radical (unpaired) electrons. The molecule has 1 aliphatic rings. The Bertz CT molecular complexity index is 539. The smallest absolute Gasteiger partial charge is 0.307 e. The Morgan fingerprint density at radius 1 is 1.55 bits per heavy atom. The molecule has 1 atom stereocenters. The molecule has 1 unspecified atom stereocenters. The molecule has 20 heavy (non-hydrogen) atoms. The molecule has 0 bridgehead atoms. The number of esters is 1. The predicted molar refractivity (Wildman–Crippen MR) is 72.7 cm³/mol. The van der Waals surface area contributed by atoms with Gasteiger partial charge in [0.2, 0.25) is 0 Å². The minimum atomic E-state index is -0.416. The van der Waals surface area contributed by atoms with Crippen molar-refractivity contribution in [3.05, 3.63) is 29.6 Å². The SMILES string of the molecule is COC(=O)CC1CCCCN1c1ccc(C#N)cc1F. The minimum absolute atomic E-state index is 0.0429. The summed E-state index contributed by atoms with van der Waals surface area (Å²) in [5.41, 5.74) is 0.755. The first-order valence-corrected chi connectivity index (χ1v) is 6.69. The van der Waals surface area contributed by atoms with E-state index in [1.807, 2.05) is 11.0 Å². The molecular formula is C15H17FN2O2. The molecule has 1 heterocycles. The van der Waals surface area contributed by atoms with Crippen LogP contribution in [0.3, 0.4) is 0 Å². The molecule has 0 aliphatic carbocycles. The van der Waals surface area contributed by atoms with E-state index in [2.05, 4.69) is 0 Å². The Balaban J connectivity index is 2.23. The maximum absolute atomic E-state index is 14.1. The number of benzene rings is 1. The highest BCUT2D eigenvalue weighted by Crippen LogP contribution is 2.29. The maximum Gasteiger partial charge on any atom is 0.307 e. The number of carbonyl (C=O) groups is 1. The van der Waals surface area contributed by atoms with Crippen molar-refractivity contribution in [2.45, 2.75) is 31.7 Å². The molecule has 0 N–H and O–H groups in total. The van der Waals surface area contributed by atoms with Crippen molar-refractivity contribution in [2.24, 2.45) is 0 Å². The van der Waals surface area contributed by atoms with E-state index in [4.69, 9.17) is 10.00 Å². The van der Waals surface area contributed by atoms with Crippen LogP contribution in [0.2, 0.25) is 0 Å². The molecule has 1 aromatic carbocycles. The maximum atomic E-state index is 14.1. The van der Waals surface area contributed by atoms with Crippen molar-refractivity contribution in [1.29, 1.82) is 5.26 Å². The molecule has 2 rings (SSSR count). The fourth-order valence-corrected chi connectivity index (χ4v) is 2.62. The summed E-state index contributed by atoms with van der Waals surface area (Å²) >= 11 is 0. The lowest BCUT2D eigenvalue weighted by Gasteiger charge is -2.37. The predicted octanol–water partition coefficient (Wildman–Crippen LogP) is 2.62. The quantitative estimate of drug-likeness (QED) is 0.796. The van der Waals surface area contributed by atoms with Crippen molar-refractivity contribution < 1.29 is 13.9 Å². The van der Waals surface area contributed by atoms with Gasteiger partial charge in [0, 0.05) is 12.6 Å². The second-order valence-corrected chi connectivity index (χ2v) is 4.90. The van der Waals surface area contributed by atoms with Gasteiger partial charge in [0.25, 0.3) is 0 Å². The zero-order chi connectivity index (χ0) is 14.5. The summed E-state index contributed by atoms with van der Waals surface area (Å²) in [5.74, 6) is -0.697. The summed E-state index contributed by atoms with van der Waals surface area (Å²) in [6.45, 7) is 0.713. The van der Waals surface area contributed by atoms with Crippen LogP contribution >= 0.6 is 0 Å². The average Bonchev–Trinajstić information content (AvgIpc) is 2.48. The number of hydrogen-bond donors (Lipinski definition) is 0. The molecule has 0 aromatic heterocycles. The average molecular weight is 276 g/mol. The third-order valence-corrected chi connectivity index (χ3v) is 3.64. The number of methoxy groups -OCH3 is 1. The molecule has 106 valence electrons. The van der Waals surface area contributed by atoms with Gasteiger partial charge in [-0.3, -0.25) is 4.79 Å². The summed E-state index contributed by atoms with van der Waals surface area (Å²) in [5, 5.41) is 8.77. The van der Waals surface area contributed by atoms with Gasteiger partial charge in [-0.1, -0.05) is 0 Å². The first-order chi connectivity index (χ1) is 9.65. The van der Waals surface area contributed by atoms with E-state index in [1.165, 1.54) is 13.2 Å². The summed E-state index contributed by atoms with van der Waals surface area (Å²) in [6, 6.07) is 6.32. The highest BCUT2D eigenvalue weighted by Gasteiger charge is 2.27. The van der Waals surface area contributed by atoms with Crippen molar-refractivity contribution in [3.63, 3.8) is 0 Å². The van der Waals surface area contributed by atoms with Gasteiger partial charge in [0.1, 0.15) is 5.82 Å². The van der Waals surface area contributed by atoms with Crippen molar-refractivity contribution in [1.82, 2.24) is 0 Å². The van der Waals surface area contributed by atoms with E-state index in [0.29, 0.717) is 17.8 Å². The van der Waals surface area contributed by atoms with E-state index in [-0.39, 0.29) is 18.4 Å². The number of rotatable bonds is 3. The Morgan fingerprint density at radius 2 is 2.35 bits per heavy atom. The third kappa shape index (κ3) is 3.08. The third-order valence-electron chi connectivity index (χ3n) is 3.64. The summed E-state index contributed by atoms with van der Waals surface area (Å²) in [6.07, 6.45) is 3.09. The number of hydrogen-bond acceptors (Lipinski definition) is 4. The number of carbonyl (C=O) groups excluding carboxylic acids is 1. The number of anilines is 1. The van der Waals surface area contributed by atoms with E-state index < -0.39 is 5.82 Å². The van der Waals surface area contributed by atoms with Gasteiger partial charge in [-0.25, -0.2) is 4.39 Å². The van der Waals surface area contributed by atoms with Crippen molar-refractivity contribution >= 4 is 11.7 Å². The van der Waals surface area contributed by atoms with Crippen LogP contribution in [0.4, 0.5) is 10.1 Å². The largest absolute Gasteiger partial charge is 0.469 e. The monoisotopic (exact) mass is 276 g/mol. The zero-order valence-electron chi connectivity index (χ0n) is 11.4. The standard InChI is InChI=1S/C15H17FN2O2/c1-20-15(19)9-12-4-2-3-7-18(12)14-6-5-11(10-17)8-13(14)16/h5-6,8,12H,2-4,7,9H2,1H3. The van der Waals surface area contributed by atoms with Gasteiger partial charge in [-0.05, 0) is 37.5 Å². The lowest BCUT2D eigenvalue weighted by atomic mass is 9.98. The van der Waals surface area contributed by atoms with Crippen LogP contribution in [0.25, 0.3) is 0 Å². The van der Waals surface area contributed by atoms with Crippen LogP contribution in [0.5, 0.6) is 0 Å². The van der Waals surface area contributed by atoms with Gasteiger partial charge in [0.15, 0.2) is 0 Å². The number of nitriles is 1. The van der Waals surface area contributed by atoms with Gasteiger partial charge in [0.05, 0.1) is 30.9 Å². The Kier molecular flexibility index (Phi) is 4.57. The Labute approximate surface area is 117 Å². The van der Waals surface area contributed by atoms with Gasteiger partial charge >= 0.3 is 5.97 Å². The van der Waals surface area contributed by atoms with Gasteiger partial charge in [-0.2, -0.15) is 5.26 Å². The van der Waals surface area contributed by atoms with Crippen molar-refractivity contribution in [3.8, 4) is 6.07 Å². The van der Waals surface area contributed by atoms with Crippen molar-refractivity contribution in [2.75, 3.05) is 18.6 Å². The second-order valence-electron chi connectivity index (χ2n) is 4.90. The van der Waals surface area contributed by atoms with Crippen LogP contribution in [0, 0.1) is 17.1 Å². The Morgan fingerprint density at radius 3 is 3.00 bits per heavy atom. The first-order valence-electron chi connectivity index (χ1n) is 6.69. The van der Waals surface area contributed by atoms with E-state index in [1.54, 1.807) is 12.1 Å². The minimum Gasteiger partial charge on any atom is -0.469 e. The van der Waals surface area contributed by atoms with E-state index in [9.17, 15) is 9.18 Å². The second kappa shape index (κ2) is 6.38. The van der Waals surface area contributed by atoms with Gasteiger partial charge in [-0.15, -0.1) is 0 Å². The van der Waals surface area contributed by atoms with Crippen LogP contribution in [0.15, 0.2) is 18.2 Å². The molecule has 1 fully saturated rings. The highest BCUT2D eigenvalue weighted by molar-refractivity contribution is 5.71. The normalized spacial score (nSPS) is 18.4. The molecule has 0 amide bonds. The zero-order valence-corrected chi connectivity index (χ0v) is 11.4. The summed E-state index contributed by atoms with van der Waals surface area (Å²) in [7, 11) is 1.36. The lowest BCUT2D eigenvalue weighted by Crippen LogP contribution is -2.41. The Hall–Kier alpha value is -2.09. The molecule has 4 nitrogen and oxygen atoms in total. The van der Waals surface area contributed by atoms with E-state index in [0.717, 1.165) is 19.3 Å². The number of piperidine rings is 1. The van der Waals surface area contributed by atoms with Crippen LogP contribution < -0.4 is 4.90 Å². The number of halogens is 1.